The van der Waals surface area contributed by atoms with Crippen molar-refractivity contribution >= 4 is 18.4 Å². The van der Waals surface area contributed by atoms with Crippen LogP contribution in [0.15, 0.2) is 30.5 Å². The van der Waals surface area contributed by atoms with E-state index in [-0.39, 0.29) is 17.8 Å². The SMILES string of the molecule is Cc1cc(F)c(C(=O)Cc2ccc3c(c2)B(O)OC3)cn1. The second kappa shape index (κ2) is 5.39. The molecule has 6 heteroatoms. The third kappa shape index (κ3) is 2.72. The van der Waals surface area contributed by atoms with Crippen molar-refractivity contribution in [3.63, 3.8) is 0 Å². The molecule has 2 aromatic rings. The summed E-state index contributed by atoms with van der Waals surface area (Å²) in [5.41, 5.74) is 2.80. The Kier molecular flexibility index (Phi) is 3.57. The first-order chi connectivity index (χ1) is 10.0. The van der Waals surface area contributed by atoms with Crippen LogP contribution >= 0.6 is 0 Å². The van der Waals surface area contributed by atoms with Crippen molar-refractivity contribution in [1.29, 1.82) is 0 Å². The number of carbonyl (C=O) groups is 1. The second-order valence-electron chi connectivity index (χ2n) is 5.10. The van der Waals surface area contributed by atoms with E-state index in [0.29, 0.717) is 23.3 Å². The van der Waals surface area contributed by atoms with Crippen molar-refractivity contribution in [2.24, 2.45) is 0 Å². The monoisotopic (exact) mass is 285 g/mol. The molecule has 3 rings (SSSR count). The van der Waals surface area contributed by atoms with Gasteiger partial charge in [-0.3, -0.25) is 9.78 Å². The number of Topliss-reactive ketones (excluding diaryl/α,β-unsaturated/α-hetero) is 1. The highest BCUT2D eigenvalue weighted by Crippen LogP contribution is 2.15. The van der Waals surface area contributed by atoms with E-state index in [1.807, 2.05) is 6.07 Å². The van der Waals surface area contributed by atoms with Gasteiger partial charge in [0.25, 0.3) is 0 Å². The van der Waals surface area contributed by atoms with Gasteiger partial charge in [0.2, 0.25) is 0 Å². The van der Waals surface area contributed by atoms with Crippen LogP contribution in [-0.4, -0.2) is 22.9 Å². The van der Waals surface area contributed by atoms with Gasteiger partial charge in [0, 0.05) is 18.3 Å². The smallest absolute Gasteiger partial charge is 0.423 e. The average Bonchev–Trinajstić information content (AvgIpc) is 2.80. The molecule has 0 saturated heterocycles. The highest BCUT2D eigenvalue weighted by molar-refractivity contribution is 6.61. The quantitative estimate of drug-likeness (QED) is 0.679. The summed E-state index contributed by atoms with van der Waals surface area (Å²) in [6, 6.07) is 6.58. The van der Waals surface area contributed by atoms with Crippen molar-refractivity contribution in [2.45, 2.75) is 20.0 Å². The lowest BCUT2D eigenvalue weighted by Gasteiger charge is -2.05. The molecule has 4 nitrogen and oxygen atoms in total. The number of aryl methyl sites for hydroxylation is 1. The minimum Gasteiger partial charge on any atom is -0.423 e. The zero-order valence-electron chi connectivity index (χ0n) is 11.5. The zero-order chi connectivity index (χ0) is 15.0. The first-order valence-electron chi connectivity index (χ1n) is 6.61. The molecule has 0 spiro atoms. The van der Waals surface area contributed by atoms with E-state index in [1.165, 1.54) is 12.3 Å². The molecule has 0 aliphatic carbocycles. The molecular weight excluding hydrogens is 272 g/mol. The Morgan fingerprint density at radius 1 is 1.48 bits per heavy atom. The van der Waals surface area contributed by atoms with Crippen LogP contribution in [0.25, 0.3) is 0 Å². The molecule has 0 unspecified atom stereocenters. The first-order valence-corrected chi connectivity index (χ1v) is 6.61. The van der Waals surface area contributed by atoms with E-state index in [9.17, 15) is 14.2 Å². The van der Waals surface area contributed by atoms with Crippen LogP contribution < -0.4 is 5.46 Å². The number of ketones is 1. The number of aromatic nitrogens is 1. The predicted octanol–water partition coefficient (Wildman–Crippen LogP) is 1.17. The highest BCUT2D eigenvalue weighted by Gasteiger charge is 2.27. The van der Waals surface area contributed by atoms with E-state index < -0.39 is 12.9 Å². The molecule has 0 fully saturated rings. The fraction of sp³-hybridized carbons (Fsp3) is 0.200. The molecule has 1 aromatic heterocycles. The number of fused-ring (bicyclic) bond motifs is 1. The molecule has 106 valence electrons. The van der Waals surface area contributed by atoms with Gasteiger partial charge >= 0.3 is 7.12 Å². The largest absolute Gasteiger partial charge is 0.491 e. The molecule has 2 heterocycles. The number of carbonyl (C=O) groups excluding carboxylic acids is 1. The van der Waals surface area contributed by atoms with Gasteiger partial charge in [-0.1, -0.05) is 18.2 Å². The number of hydrogen-bond acceptors (Lipinski definition) is 4. The predicted molar refractivity (Wildman–Crippen MR) is 75.8 cm³/mol. The molecular formula is C15H13BFNO3. The van der Waals surface area contributed by atoms with Crippen LogP contribution in [0.4, 0.5) is 4.39 Å². The van der Waals surface area contributed by atoms with Gasteiger partial charge in [-0.25, -0.2) is 4.39 Å². The molecule has 0 radical (unpaired) electrons. The highest BCUT2D eigenvalue weighted by atomic mass is 19.1. The van der Waals surface area contributed by atoms with Gasteiger partial charge < -0.3 is 9.68 Å². The Bertz CT molecular complexity index is 720. The number of hydrogen-bond donors (Lipinski definition) is 1. The van der Waals surface area contributed by atoms with E-state index in [1.54, 1.807) is 19.1 Å². The fourth-order valence-electron chi connectivity index (χ4n) is 2.39. The Labute approximate surface area is 121 Å². The van der Waals surface area contributed by atoms with Gasteiger partial charge in [0.1, 0.15) is 5.82 Å². The van der Waals surface area contributed by atoms with E-state index in [4.69, 9.17) is 4.65 Å². The molecule has 0 atom stereocenters. The lowest BCUT2D eigenvalue weighted by atomic mass is 9.78. The molecule has 21 heavy (non-hydrogen) atoms. The molecule has 0 saturated carbocycles. The Morgan fingerprint density at radius 3 is 3.05 bits per heavy atom. The summed E-state index contributed by atoms with van der Waals surface area (Å²) in [5, 5.41) is 9.65. The standard InChI is InChI=1S/C15H13BFNO3/c1-9-4-14(17)12(7-18-9)15(19)6-10-2-3-11-8-21-16(20)13(11)5-10/h2-5,7,20H,6,8H2,1H3. The van der Waals surface area contributed by atoms with Crippen LogP contribution in [0, 0.1) is 12.7 Å². The third-order valence-electron chi connectivity index (χ3n) is 3.53. The molecule has 1 aliphatic rings. The molecule has 0 amide bonds. The number of halogens is 1. The van der Waals surface area contributed by atoms with E-state index in [2.05, 4.69) is 4.98 Å². The van der Waals surface area contributed by atoms with Gasteiger partial charge in [-0.05, 0) is 29.6 Å². The number of nitrogens with zero attached hydrogens (tertiary/aromatic N) is 1. The topological polar surface area (TPSA) is 59.4 Å². The van der Waals surface area contributed by atoms with Crippen LogP contribution in [0.2, 0.25) is 0 Å². The van der Waals surface area contributed by atoms with Crippen LogP contribution in [0.1, 0.15) is 27.2 Å². The summed E-state index contributed by atoms with van der Waals surface area (Å²) >= 11 is 0. The van der Waals surface area contributed by atoms with E-state index in [0.717, 1.165) is 5.56 Å². The Balaban J connectivity index is 1.83. The normalized spacial score (nSPS) is 13.4. The lowest BCUT2D eigenvalue weighted by Crippen LogP contribution is -2.28. The van der Waals surface area contributed by atoms with Crippen LogP contribution in [-0.2, 0) is 17.7 Å². The number of benzene rings is 1. The second-order valence-corrected chi connectivity index (χ2v) is 5.10. The third-order valence-corrected chi connectivity index (χ3v) is 3.53. The minimum atomic E-state index is -0.951. The Morgan fingerprint density at radius 2 is 2.29 bits per heavy atom. The summed E-state index contributed by atoms with van der Waals surface area (Å²) in [6.45, 7) is 2.03. The maximum atomic E-state index is 13.8. The Hall–Kier alpha value is -2.05. The fourth-order valence-corrected chi connectivity index (χ4v) is 2.39. The number of pyridine rings is 1. The van der Waals surface area contributed by atoms with E-state index >= 15 is 0 Å². The minimum absolute atomic E-state index is 0.0158. The molecule has 1 N–H and O–H groups in total. The summed E-state index contributed by atoms with van der Waals surface area (Å²) in [4.78, 5) is 16.1. The maximum Gasteiger partial charge on any atom is 0.491 e. The van der Waals surface area contributed by atoms with Crippen molar-refractivity contribution in [2.75, 3.05) is 0 Å². The van der Waals surface area contributed by atoms with Crippen LogP contribution in [0.3, 0.4) is 0 Å². The van der Waals surface area contributed by atoms with Gasteiger partial charge in [-0.2, -0.15) is 0 Å². The molecule has 1 aliphatic heterocycles. The van der Waals surface area contributed by atoms with Crippen molar-refractivity contribution < 1.29 is 18.9 Å². The zero-order valence-corrected chi connectivity index (χ0v) is 11.5. The average molecular weight is 285 g/mol. The van der Waals surface area contributed by atoms with Crippen molar-refractivity contribution in [1.82, 2.24) is 4.98 Å². The summed E-state index contributed by atoms with van der Waals surface area (Å²) in [6.07, 6.45) is 1.32. The molecule has 1 aromatic carbocycles. The number of rotatable bonds is 3. The van der Waals surface area contributed by atoms with Gasteiger partial charge in [0.05, 0.1) is 12.2 Å². The van der Waals surface area contributed by atoms with Gasteiger partial charge in [0.15, 0.2) is 5.78 Å². The summed E-state index contributed by atoms with van der Waals surface area (Å²) < 4.78 is 18.9. The first kappa shape index (κ1) is 13.9. The lowest BCUT2D eigenvalue weighted by molar-refractivity contribution is 0.0988. The summed E-state index contributed by atoms with van der Waals surface area (Å²) in [7, 11) is -0.951. The molecule has 0 bridgehead atoms. The van der Waals surface area contributed by atoms with Crippen molar-refractivity contribution in [3.05, 3.63) is 58.7 Å². The van der Waals surface area contributed by atoms with Gasteiger partial charge in [-0.15, -0.1) is 0 Å². The summed E-state index contributed by atoms with van der Waals surface area (Å²) in [5.74, 6) is -0.898. The van der Waals surface area contributed by atoms with Crippen LogP contribution in [0.5, 0.6) is 0 Å². The van der Waals surface area contributed by atoms with Crippen molar-refractivity contribution in [3.8, 4) is 0 Å². The maximum absolute atomic E-state index is 13.8.